The summed E-state index contributed by atoms with van der Waals surface area (Å²) in [6.07, 6.45) is 0.683. The zero-order valence-corrected chi connectivity index (χ0v) is 8.43. The predicted molar refractivity (Wildman–Crippen MR) is 46.4 cm³/mol. The Bertz CT molecular complexity index is 147. The molecule has 0 N–H and O–H groups in total. The summed E-state index contributed by atoms with van der Waals surface area (Å²) in [5.74, 6) is -0.113. The van der Waals surface area contributed by atoms with Crippen LogP contribution in [0, 0.1) is 0 Å². The Hall–Kier alpha value is 0.170. The van der Waals surface area contributed by atoms with Crippen molar-refractivity contribution in [1.29, 1.82) is 0 Å². The highest BCUT2D eigenvalue weighted by Crippen LogP contribution is 2.34. The highest BCUT2D eigenvalue weighted by Gasteiger charge is 2.46. The average Bonchev–Trinajstić information content (AvgIpc) is 2.43. The van der Waals surface area contributed by atoms with E-state index in [-0.39, 0.29) is 12.2 Å². The van der Waals surface area contributed by atoms with Gasteiger partial charge in [-0.1, -0.05) is 0 Å². The molecule has 0 aromatic carbocycles. The molecule has 3 nitrogen and oxygen atoms in total. The van der Waals surface area contributed by atoms with Gasteiger partial charge >= 0.3 is 0 Å². The third-order valence-corrected chi connectivity index (χ3v) is 2.74. The van der Waals surface area contributed by atoms with E-state index in [1.165, 1.54) is 0 Å². The fraction of sp³-hybridized carbons (Fsp3) is 1.00. The van der Waals surface area contributed by atoms with E-state index in [0.29, 0.717) is 12.3 Å². The first-order valence-corrected chi connectivity index (χ1v) is 4.53. The average molecular weight is 195 g/mol. The molecular weight excluding hydrogens is 180 g/mol. The first-order chi connectivity index (χ1) is 5.68. The maximum absolute atomic E-state index is 5.68. The Morgan fingerprint density at radius 1 is 1.50 bits per heavy atom. The summed E-state index contributed by atoms with van der Waals surface area (Å²) in [4.78, 5) is 0. The van der Waals surface area contributed by atoms with E-state index in [1.54, 1.807) is 14.2 Å². The Labute approximate surface area is 77.9 Å². The highest BCUT2D eigenvalue weighted by atomic mass is 35.5. The molecule has 2 unspecified atom stereocenters. The smallest absolute Gasteiger partial charge is 0.196 e. The van der Waals surface area contributed by atoms with E-state index in [4.69, 9.17) is 25.8 Å². The lowest BCUT2D eigenvalue weighted by Crippen LogP contribution is -2.40. The second-order valence-electron chi connectivity index (χ2n) is 2.98. The van der Waals surface area contributed by atoms with Gasteiger partial charge in [-0.2, -0.15) is 0 Å². The molecule has 0 bridgehead atoms. The third-order valence-electron chi connectivity index (χ3n) is 2.39. The predicted octanol–water partition coefficient (Wildman–Crippen LogP) is 1.39. The molecule has 1 fully saturated rings. The second kappa shape index (κ2) is 3.92. The van der Waals surface area contributed by atoms with E-state index in [9.17, 15) is 0 Å². The van der Waals surface area contributed by atoms with Crippen LogP contribution >= 0.6 is 11.6 Å². The molecule has 0 saturated carbocycles. The van der Waals surface area contributed by atoms with Gasteiger partial charge in [-0.3, -0.25) is 0 Å². The molecule has 1 aliphatic heterocycles. The monoisotopic (exact) mass is 194 g/mol. The van der Waals surface area contributed by atoms with Crippen LogP contribution < -0.4 is 0 Å². The van der Waals surface area contributed by atoms with Crippen molar-refractivity contribution in [2.24, 2.45) is 0 Å². The van der Waals surface area contributed by atoms with E-state index in [1.807, 2.05) is 6.92 Å². The van der Waals surface area contributed by atoms with E-state index in [2.05, 4.69) is 0 Å². The third kappa shape index (κ3) is 1.59. The lowest BCUT2D eigenvalue weighted by molar-refractivity contribution is -0.227. The molecule has 1 rings (SSSR count). The van der Waals surface area contributed by atoms with Crippen molar-refractivity contribution in [1.82, 2.24) is 0 Å². The van der Waals surface area contributed by atoms with Gasteiger partial charge in [0.15, 0.2) is 5.79 Å². The van der Waals surface area contributed by atoms with Crippen molar-refractivity contribution in [3.63, 3.8) is 0 Å². The summed E-state index contributed by atoms with van der Waals surface area (Å²) in [7, 11) is 3.25. The quantitative estimate of drug-likeness (QED) is 0.502. The number of hydrogen-bond donors (Lipinski definition) is 0. The Balaban J connectivity index is 2.65. The first kappa shape index (κ1) is 10.3. The van der Waals surface area contributed by atoms with Crippen LogP contribution in [0.15, 0.2) is 0 Å². The van der Waals surface area contributed by atoms with Crippen LogP contribution in [-0.2, 0) is 14.2 Å². The normalized spacial score (nSPS) is 34.0. The summed E-state index contributed by atoms with van der Waals surface area (Å²) < 4.78 is 16.1. The van der Waals surface area contributed by atoms with Gasteiger partial charge in [0.05, 0.1) is 6.10 Å². The summed E-state index contributed by atoms with van der Waals surface area (Å²) >= 11 is 5.68. The summed E-state index contributed by atoms with van der Waals surface area (Å²) in [6.45, 7) is 1.93. The first-order valence-electron chi connectivity index (χ1n) is 4.00. The van der Waals surface area contributed by atoms with Crippen molar-refractivity contribution >= 4 is 11.6 Å². The number of halogens is 1. The molecule has 2 atom stereocenters. The maximum atomic E-state index is 5.68. The fourth-order valence-corrected chi connectivity index (χ4v) is 1.78. The lowest BCUT2D eigenvalue weighted by atomic mass is 10.1. The van der Waals surface area contributed by atoms with Crippen LogP contribution in [0.25, 0.3) is 0 Å². The molecule has 1 heterocycles. The van der Waals surface area contributed by atoms with Gasteiger partial charge in [0.2, 0.25) is 0 Å². The Morgan fingerprint density at radius 2 is 2.08 bits per heavy atom. The SMILES string of the molecule is COC1(OC)CC(CCl)OC1C. The minimum Gasteiger partial charge on any atom is -0.368 e. The number of ether oxygens (including phenoxy) is 3. The molecule has 1 aliphatic rings. The molecule has 0 aromatic rings. The van der Waals surface area contributed by atoms with Crippen molar-refractivity contribution in [2.75, 3.05) is 20.1 Å². The minimum absolute atomic E-state index is 0.0431. The number of rotatable bonds is 3. The van der Waals surface area contributed by atoms with Crippen LogP contribution in [0.4, 0.5) is 0 Å². The van der Waals surface area contributed by atoms with Gasteiger partial charge in [-0.05, 0) is 6.92 Å². The molecule has 0 aromatic heterocycles. The van der Waals surface area contributed by atoms with E-state index < -0.39 is 5.79 Å². The molecule has 1 saturated heterocycles. The van der Waals surface area contributed by atoms with Gasteiger partial charge in [0.1, 0.15) is 6.10 Å². The van der Waals surface area contributed by atoms with E-state index in [0.717, 1.165) is 0 Å². The zero-order chi connectivity index (χ0) is 9.19. The number of hydrogen-bond acceptors (Lipinski definition) is 3. The maximum Gasteiger partial charge on any atom is 0.196 e. The van der Waals surface area contributed by atoms with Crippen LogP contribution in [0.2, 0.25) is 0 Å². The largest absolute Gasteiger partial charge is 0.368 e. The van der Waals surface area contributed by atoms with Crippen LogP contribution in [0.3, 0.4) is 0 Å². The van der Waals surface area contributed by atoms with Crippen LogP contribution in [0.1, 0.15) is 13.3 Å². The van der Waals surface area contributed by atoms with Gasteiger partial charge in [-0.25, -0.2) is 0 Å². The zero-order valence-electron chi connectivity index (χ0n) is 7.67. The van der Waals surface area contributed by atoms with E-state index >= 15 is 0 Å². The minimum atomic E-state index is -0.598. The molecule has 0 amide bonds. The second-order valence-corrected chi connectivity index (χ2v) is 3.29. The molecule has 12 heavy (non-hydrogen) atoms. The van der Waals surface area contributed by atoms with Crippen molar-refractivity contribution in [2.45, 2.75) is 31.3 Å². The van der Waals surface area contributed by atoms with Crippen molar-refractivity contribution < 1.29 is 14.2 Å². The summed E-state index contributed by atoms with van der Waals surface area (Å²) in [5.41, 5.74) is 0. The lowest BCUT2D eigenvalue weighted by Gasteiger charge is -2.28. The topological polar surface area (TPSA) is 27.7 Å². The standard InChI is InChI=1S/C8H15ClO3/c1-6-8(10-2,11-3)4-7(5-9)12-6/h6-7H,4-5H2,1-3H3. The van der Waals surface area contributed by atoms with Crippen molar-refractivity contribution in [3.05, 3.63) is 0 Å². The molecule has 72 valence electrons. The van der Waals surface area contributed by atoms with Gasteiger partial charge in [0, 0.05) is 26.5 Å². The molecule has 0 radical (unpaired) electrons. The fourth-order valence-electron chi connectivity index (χ4n) is 1.60. The molecule has 0 spiro atoms. The summed E-state index contributed by atoms with van der Waals surface area (Å²) in [5, 5.41) is 0. The molecular formula is C8H15ClO3. The van der Waals surface area contributed by atoms with Gasteiger partial charge in [-0.15, -0.1) is 11.6 Å². The number of alkyl halides is 1. The van der Waals surface area contributed by atoms with Crippen LogP contribution in [-0.4, -0.2) is 38.1 Å². The highest BCUT2D eigenvalue weighted by molar-refractivity contribution is 6.18. The summed E-state index contributed by atoms with van der Waals surface area (Å²) in [6, 6.07) is 0. The molecule has 4 heteroatoms. The Morgan fingerprint density at radius 3 is 2.33 bits per heavy atom. The van der Waals surface area contributed by atoms with Gasteiger partial charge in [0.25, 0.3) is 0 Å². The Kier molecular flexibility index (Phi) is 3.35. The number of methoxy groups -OCH3 is 2. The van der Waals surface area contributed by atoms with Crippen molar-refractivity contribution in [3.8, 4) is 0 Å². The molecule has 0 aliphatic carbocycles. The van der Waals surface area contributed by atoms with Crippen LogP contribution in [0.5, 0.6) is 0 Å². The van der Waals surface area contributed by atoms with Gasteiger partial charge < -0.3 is 14.2 Å².